The molecule has 19 heavy (non-hydrogen) atoms. The predicted molar refractivity (Wildman–Crippen MR) is 71.8 cm³/mol. The molecular weight excluding hydrogens is 266 g/mol. The number of rotatable bonds is 2. The van der Waals surface area contributed by atoms with Crippen LogP contribution < -0.4 is 16.0 Å². The summed E-state index contributed by atoms with van der Waals surface area (Å²) in [5, 5.41) is 3.43. The number of nitrogens with two attached hydrogens (primary N) is 1. The van der Waals surface area contributed by atoms with Gasteiger partial charge < -0.3 is 15.8 Å². The molecule has 0 spiro atoms. The monoisotopic (exact) mass is 279 g/mol. The van der Waals surface area contributed by atoms with Gasteiger partial charge in [-0.1, -0.05) is 11.8 Å². The van der Waals surface area contributed by atoms with E-state index in [1.807, 2.05) is 0 Å². The molecule has 1 atom stereocenters. The molecule has 7 nitrogen and oxygen atoms in total. The molecule has 3 heterocycles. The fourth-order valence-electron chi connectivity index (χ4n) is 1.93. The number of nitrogens with zero attached hydrogens (tertiary/aromatic N) is 3. The molecule has 0 aliphatic carbocycles. The fourth-order valence-corrected chi connectivity index (χ4v) is 2.63. The lowest BCUT2D eigenvalue weighted by atomic mass is 10.3. The van der Waals surface area contributed by atoms with Crippen LogP contribution in [0.5, 0.6) is 0 Å². The van der Waals surface area contributed by atoms with Crippen molar-refractivity contribution in [3.05, 3.63) is 18.7 Å². The minimum atomic E-state index is -0.0886. The molecule has 3 N–H and O–H groups in total. The van der Waals surface area contributed by atoms with Crippen LogP contribution in [0.2, 0.25) is 0 Å². The Labute approximate surface area is 114 Å². The van der Waals surface area contributed by atoms with Gasteiger partial charge in [-0.3, -0.25) is 9.69 Å². The van der Waals surface area contributed by atoms with Crippen LogP contribution in [0.3, 0.4) is 0 Å². The number of anilines is 2. The van der Waals surface area contributed by atoms with Gasteiger partial charge >= 0.3 is 0 Å². The number of amides is 1. The fraction of sp³-hybridized carbons (Fsp3) is 0.364. The number of nitrogens with one attached hydrogen (secondary N) is 1. The van der Waals surface area contributed by atoms with Crippen LogP contribution in [0.4, 0.5) is 11.6 Å². The van der Waals surface area contributed by atoms with Gasteiger partial charge in [0.25, 0.3) is 0 Å². The van der Waals surface area contributed by atoms with Crippen molar-refractivity contribution in [1.29, 1.82) is 0 Å². The van der Waals surface area contributed by atoms with Crippen molar-refractivity contribution < 1.29 is 9.53 Å². The second kappa shape index (κ2) is 4.71. The Bertz CT molecular complexity index is 550. The maximum absolute atomic E-state index is 11.3. The molecule has 0 unspecified atom stereocenters. The maximum atomic E-state index is 11.3. The van der Waals surface area contributed by atoms with Gasteiger partial charge in [0, 0.05) is 6.54 Å². The Morgan fingerprint density at radius 1 is 1.68 bits per heavy atom. The van der Waals surface area contributed by atoms with E-state index in [0.29, 0.717) is 36.4 Å². The van der Waals surface area contributed by atoms with Crippen molar-refractivity contribution in [3.8, 4) is 0 Å². The van der Waals surface area contributed by atoms with Gasteiger partial charge in [0.05, 0.1) is 18.5 Å². The van der Waals surface area contributed by atoms with Gasteiger partial charge in [0.15, 0.2) is 17.5 Å². The third kappa shape index (κ3) is 2.24. The van der Waals surface area contributed by atoms with E-state index in [0.717, 1.165) is 5.03 Å². The molecule has 0 aromatic carbocycles. The maximum Gasteiger partial charge on any atom is 0.236 e. The van der Waals surface area contributed by atoms with E-state index in [1.165, 1.54) is 11.8 Å². The summed E-state index contributed by atoms with van der Waals surface area (Å²) in [6.07, 6.45) is 1.56. The van der Waals surface area contributed by atoms with E-state index in [9.17, 15) is 4.79 Å². The summed E-state index contributed by atoms with van der Waals surface area (Å²) in [6.45, 7) is 4.83. The molecule has 2 aliphatic heterocycles. The number of ether oxygens (including phenoxy) is 1. The van der Waals surface area contributed by atoms with Crippen molar-refractivity contribution in [2.45, 2.75) is 11.1 Å². The minimum absolute atomic E-state index is 0.0692. The number of hydrogen-bond acceptors (Lipinski definition) is 7. The highest BCUT2D eigenvalue weighted by atomic mass is 32.2. The summed E-state index contributed by atoms with van der Waals surface area (Å²) in [6, 6.07) is 0. The summed E-state index contributed by atoms with van der Waals surface area (Å²) in [4.78, 5) is 21.8. The smallest absolute Gasteiger partial charge is 0.236 e. The highest BCUT2D eigenvalue weighted by molar-refractivity contribution is 8.00. The normalized spacial score (nSPS) is 21.9. The molecular formula is C11H13N5O2S. The van der Waals surface area contributed by atoms with E-state index in [4.69, 9.17) is 10.5 Å². The van der Waals surface area contributed by atoms with Gasteiger partial charge in [-0.05, 0) is 6.58 Å². The van der Waals surface area contributed by atoms with Crippen LogP contribution >= 0.6 is 11.8 Å². The number of carbonyl (C=O) groups is 1. The van der Waals surface area contributed by atoms with Gasteiger partial charge in [-0.25, -0.2) is 9.97 Å². The summed E-state index contributed by atoms with van der Waals surface area (Å²) in [7, 11) is 0. The average molecular weight is 279 g/mol. The summed E-state index contributed by atoms with van der Waals surface area (Å²) in [5.41, 5.74) is 5.58. The molecule has 2 aliphatic rings. The third-order valence-electron chi connectivity index (χ3n) is 2.85. The number of thioether (sulfide) groups is 1. The second-order valence-electron chi connectivity index (χ2n) is 4.20. The number of carbonyl (C=O) groups excluding carboxylic acids is 1. The molecule has 100 valence electrons. The summed E-state index contributed by atoms with van der Waals surface area (Å²) >= 11 is 1.38. The van der Waals surface area contributed by atoms with Gasteiger partial charge in [-0.2, -0.15) is 0 Å². The predicted octanol–water partition coefficient (Wildman–Crippen LogP) is 0.156. The standard InChI is InChI=1S/C11H13N5O2S/c1-6-16(4-7(2-12)18-6)8-3-13-11-10(14-8)15-9(17)5-19-11/h3,7H,1-2,4-5,12H2,(H,14,15,17)/t7-/m1/s1. The van der Waals surface area contributed by atoms with Crippen molar-refractivity contribution in [1.82, 2.24) is 9.97 Å². The van der Waals surface area contributed by atoms with Crippen molar-refractivity contribution in [2.75, 3.05) is 29.1 Å². The molecule has 1 aromatic rings. The van der Waals surface area contributed by atoms with E-state index >= 15 is 0 Å². The molecule has 8 heteroatoms. The quantitative estimate of drug-likeness (QED) is 0.796. The van der Waals surface area contributed by atoms with Crippen molar-refractivity contribution >= 4 is 29.3 Å². The van der Waals surface area contributed by atoms with Crippen LogP contribution in [-0.4, -0.2) is 40.8 Å². The number of hydrogen-bond donors (Lipinski definition) is 2. The molecule has 1 saturated heterocycles. The third-order valence-corrected chi connectivity index (χ3v) is 3.83. The van der Waals surface area contributed by atoms with Crippen LogP contribution in [-0.2, 0) is 9.53 Å². The molecule has 0 radical (unpaired) electrons. The van der Waals surface area contributed by atoms with Crippen molar-refractivity contribution in [2.24, 2.45) is 5.73 Å². The topological polar surface area (TPSA) is 93.4 Å². The zero-order valence-electron chi connectivity index (χ0n) is 10.1. The van der Waals surface area contributed by atoms with Gasteiger partial charge in [-0.15, -0.1) is 0 Å². The van der Waals surface area contributed by atoms with E-state index in [2.05, 4.69) is 21.9 Å². The summed E-state index contributed by atoms with van der Waals surface area (Å²) < 4.78 is 5.49. The van der Waals surface area contributed by atoms with Crippen LogP contribution in [0.1, 0.15) is 0 Å². The minimum Gasteiger partial charge on any atom is -0.473 e. The first-order valence-electron chi connectivity index (χ1n) is 5.80. The lowest BCUT2D eigenvalue weighted by Gasteiger charge is -2.19. The molecule has 3 rings (SSSR count). The molecule has 0 saturated carbocycles. The van der Waals surface area contributed by atoms with Crippen LogP contribution in [0.15, 0.2) is 23.7 Å². The molecule has 0 bridgehead atoms. The Hall–Kier alpha value is -1.80. The van der Waals surface area contributed by atoms with Crippen LogP contribution in [0, 0.1) is 0 Å². The highest BCUT2D eigenvalue weighted by Crippen LogP contribution is 2.31. The number of aromatic nitrogens is 2. The van der Waals surface area contributed by atoms with Gasteiger partial charge in [0.1, 0.15) is 11.1 Å². The molecule has 1 fully saturated rings. The second-order valence-corrected chi connectivity index (χ2v) is 5.16. The van der Waals surface area contributed by atoms with Crippen LogP contribution in [0.25, 0.3) is 0 Å². The van der Waals surface area contributed by atoms with Gasteiger partial charge in [0.2, 0.25) is 5.91 Å². The Balaban J connectivity index is 1.88. The first-order valence-corrected chi connectivity index (χ1v) is 6.79. The first kappa shape index (κ1) is 12.2. The van der Waals surface area contributed by atoms with E-state index in [1.54, 1.807) is 11.1 Å². The average Bonchev–Trinajstić information content (AvgIpc) is 2.79. The molecule has 1 amide bonds. The Kier molecular flexibility index (Phi) is 3.03. The Morgan fingerprint density at radius 2 is 2.53 bits per heavy atom. The number of fused-ring (bicyclic) bond motifs is 1. The zero-order valence-corrected chi connectivity index (χ0v) is 10.9. The molecule has 1 aromatic heterocycles. The lowest BCUT2D eigenvalue weighted by Crippen LogP contribution is -2.27. The zero-order chi connectivity index (χ0) is 13.4. The van der Waals surface area contributed by atoms with Crippen molar-refractivity contribution in [3.63, 3.8) is 0 Å². The Morgan fingerprint density at radius 3 is 3.26 bits per heavy atom. The van der Waals surface area contributed by atoms with E-state index in [-0.39, 0.29) is 12.0 Å². The highest BCUT2D eigenvalue weighted by Gasteiger charge is 2.29. The first-order chi connectivity index (χ1) is 9.17. The summed E-state index contributed by atoms with van der Waals surface area (Å²) in [5.74, 6) is 1.89. The largest absolute Gasteiger partial charge is 0.473 e. The van der Waals surface area contributed by atoms with E-state index < -0.39 is 0 Å². The lowest BCUT2D eigenvalue weighted by molar-refractivity contribution is -0.113. The SMILES string of the molecule is C=C1O[C@H](CN)CN1c1cnc2c(n1)NC(=O)CS2.